The average molecular weight is 730 g/mol. The fourth-order valence-electron chi connectivity index (χ4n) is 7.93. The summed E-state index contributed by atoms with van der Waals surface area (Å²) in [6, 6.07) is 30.8. The first-order valence-electron chi connectivity index (χ1n) is 16.9. The molecule has 0 spiro atoms. The lowest BCUT2D eigenvalue weighted by atomic mass is 9.81. The highest BCUT2D eigenvalue weighted by atomic mass is 79.9. The van der Waals surface area contributed by atoms with E-state index in [1.807, 2.05) is 36.4 Å². The van der Waals surface area contributed by atoms with Gasteiger partial charge in [-0.05, 0) is 104 Å². The van der Waals surface area contributed by atoms with Gasteiger partial charge in [0.25, 0.3) is 0 Å². The number of imide groups is 1. The number of fused-ring (bicyclic) bond motifs is 6. The van der Waals surface area contributed by atoms with Crippen LogP contribution in [-0.4, -0.2) is 34.7 Å². The minimum atomic E-state index is -1.05. The third-order valence-electron chi connectivity index (χ3n) is 10.4. The van der Waals surface area contributed by atoms with Crippen LogP contribution in [-0.2, 0) is 20.9 Å². The molecule has 2 heterocycles. The molecule has 3 aliphatic rings. The van der Waals surface area contributed by atoms with Crippen LogP contribution in [0.5, 0.6) is 5.75 Å². The van der Waals surface area contributed by atoms with Crippen molar-refractivity contribution in [3.05, 3.63) is 124 Å². The van der Waals surface area contributed by atoms with Crippen LogP contribution in [0.15, 0.2) is 108 Å². The molecule has 4 aromatic carbocycles. The Morgan fingerprint density at radius 3 is 2.22 bits per heavy atom. The van der Waals surface area contributed by atoms with Crippen LogP contribution in [0, 0.1) is 23.7 Å². The van der Waals surface area contributed by atoms with Crippen molar-refractivity contribution in [3.63, 3.8) is 0 Å². The summed E-state index contributed by atoms with van der Waals surface area (Å²) in [5.41, 5.74) is 4.01. The number of anilines is 1. The third kappa shape index (κ3) is 5.79. The molecule has 0 N–H and O–H groups in total. The molecule has 8 rings (SSSR count). The number of Topliss-reactive ketones (excluding diaryl/α,β-unsaturated/α-hetero) is 1. The predicted octanol–water partition coefficient (Wildman–Crippen LogP) is 8.21. The van der Waals surface area contributed by atoms with Crippen molar-refractivity contribution >= 4 is 56.1 Å². The Bertz CT molecular complexity index is 2120. The molecular formula is C41H33BrN2O6. The topological polar surface area (TPSA) is 103 Å². The molecule has 2 aliphatic carbocycles. The smallest absolute Gasteiger partial charge is 0.339 e. The first-order chi connectivity index (χ1) is 24.2. The lowest BCUT2D eigenvalue weighted by Gasteiger charge is -2.19. The zero-order valence-electron chi connectivity index (χ0n) is 27.3. The van der Waals surface area contributed by atoms with Crippen molar-refractivity contribution in [2.75, 3.05) is 4.90 Å². The molecule has 3 fully saturated rings. The molecule has 2 bridgehead atoms. The summed E-state index contributed by atoms with van der Waals surface area (Å²) in [6.45, 7) is 1.96. The number of ether oxygens (including phenoxy) is 2. The van der Waals surface area contributed by atoms with Gasteiger partial charge in [0.15, 0.2) is 6.10 Å². The Morgan fingerprint density at radius 2 is 1.54 bits per heavy atom. The van der Waals surface area contributed by atoms with E-state index in [0.29, 0.717) is 57.6 Å². The van der Waals surface area contributed by atoms with E-state index in [0.717, 1.165) is 29.3 Å². The number of carbonyl (C=O) groups excluding carboxylic acids is 4. The number of nitrogens with zero attached hydrogens (tertiary/aromatic N) is 2. The lowest BCUT2D eigenvalue weighted by Crippen LogP contribution is -2.32. The second-order valence-electron chi connectivity index (χ2n) is 13.4. The Morgan fingerprint density at radius 1 is 0.860 bits per heavy atom. The highest BCUT2D eigenvalue weighted by Crippen LogP contribution is 2.56. The molecule has 1 aliphatic heterocycles. The second-order valence-corrected chi connectivity index (χ2v) is 14.3. The second kappa shape index (κ2) is 12.9. The quantitative estimate of drug-likeness (QED) is 0.0856. The Kier molecular flexibility index (Phi) is 8.31. The van der Waals surface area contributed by atoms with Gasteiger partial charge in [-0.25, -0.2) is 9.78 Å². The number of carbonyl (C=O) groups is 4. The molecule has 0 radical (unpaired) electrons. The van der Waals surface area contributed by atoms with Crippen molar-refractivity contribution in [1.82, 2.24) is 4.98 Å². The number of pyridine rings is 1. The van der Waals surface area contributed by atoms with Crippen molar-refractivity contribution in [2.45, 2.75) is 38.9 Å². The first-order valence-corrected chi connectivity index (χ1v) is 17.6. The summed E-state index contributed by atoms with van der Waals surface area (Å²) in [5.74, 6) is -0.309. The maximum atomic E-state index is 13.7. The summed E-state index contributed by atoms with van der Waals surface area (Å²) in [7, 11) is 0. The van der Waals surface area contributed by atoms with Gasteiger partial charge in [0.2, 0.25) is 17.6 Å². The maximum Gasteiger partial charge on any atom is 0.339 e. The number of halogens is 1. The summed E-state index contributed by atoms with van der Waals surface area (Å²) < 4.78 is 12.3. The molecule has 2 saturated carbocycles. The number of hydrogen-bond donors (Lipinski definition) is 0. The van der Waals surface area contributed by atoms with Gasteiger partial charge in [0.05, 0.1) is 34.3 Å². The fraction of sp³-hybridized carbons (Fsp3) is 0.244. The van der Waals surface area contributed by atoms with Gasteiger partial charge < -0.3 is 9.47 Å². The molecule has 9 heteroatoms. The van der Waals surface area contributed by atoms with E-state index in [1.165, 1.54) is 4.90 Å². The normalized spacial score (nSPS) is 21.4. The zero-order valence-corrected chi connectivity index (χ0v) is 28.8. The van der Waals surface area contributed by atoms with Crippen LogP contribution in [0.2, 0.25) is 0 Å². The number of amides is 2. The molecule has 5 atom stereocenters. The molecule has 50 heavy (non-hydrogen) atoms. The molecule has 5 unspecified atom stereocenters. The standard InChI is InChI=1S/C41H33BrN2O6/c1-23(38(45)26-11-16-31(17-12-26)49-22-24-5-3-2-4-6-24)50-41(48)33-21-35(43-34-18-13-29(42)20-32(33)34)25-9-14-30(15-10-25)44-39(46)36-27-7-8-28(19-27)37(36)40(44)47/h2-6,9-18,20-21,23,27-28,36-37H,7-8,19,22H2,1H3. The van der Waals surface area contributed by atoms with E-state index in [4.69, 9.17) is 14.5 Å². The number of esters is 1. The molecule has 1 aromatic heterocycles. The Hall–Kier alpha value is -5.15. The van der Waals surface area contributed by atoms with Crippen LogP contribution in [0.4, 0.5) is 5.69 Å². The van der Waals surface area contributed by atoms with Crippen LogP contribution in [0.1, 0.15) is 52.5 Å². The maximum absolute atomic E-state index is 13.7. The highest BCUT2D eigenvalue weighted by molar-refractivity contribution is 9.10. The van der Waals surface area contributed by atoms with Crippen molar-refractivity contribution < 1.29 is 28.7 Å². The number of ketones is 1. The molecule has 2 amide bonds. The van der Waals surface area contributed by atoms with E-state index in [-0.39, 0.29) is 35.0 Å². The van der Waals surface area contributed by atoms with Crippen molar-refractivity contribution in [3.8, 4) is 17.0 Å². The Labute approximate surface area is 297 Å². The molecular weight excluding hydrogens is 696 g/mol. The largest absolute Gasteiger partial charge is 0.489 e. The zero-order chi connectivity index (χ0) is 34.5. The minimum Gasteiger partial charge on any atom is -0.489 e. The average Bonchev–Trinajstić information content (AvgIpc) is 3.84. The van der Waals surface area contributed by atoms with Crippen molar-refractivity contribution in [2.24, 2.45) is 23.7 Å². The number of benzene rings is 4. The summed E-state index contributed by atoms with van der Waals surface area (Å²) >= 11 is 3.49. The van der Waals surface area contributed by atoms with Gasteiger partial charge in [-0.2, -0.15) is 0 Å². The lowest BCUT2D eigenvalue weighted by molar-refractivity contribution is -0.123. The van der Waals surface area contributed by atoms with Crippen LogP contribution in [0.25, 0.3) is 22.2 Å². The number of rotatable bonds is 9. The van der Waals surface area contributed by atoms with Gasteiger partial charge in [-0.3, -0.25) is 19.3 Å². The first kappa shape index (κ1) is 32.1. The van der Waals surface area contributed by atoms with Gasteiger partial charge in [0.1, 0.15) is 12.4 Å². The summed E-state index contributed by atoms with van der Waals surface area (Å²) in [6.07, 6.45) is 1.98. The number of hydrogen-bond acceptors (Lipinski definition) is 7. The molecule has 5 aromatic rings. The number of aromatic nitrogens is 1. The van der Waals surface area contributed by atoms with Gasteiger partial charge >= 0.3 is 5.97 Å². The van der Waals surface area contributed by atoms with E-state index >= 15 is 0 Å². The summed E-state index contributed by atoms with van der Waals surface area (Å²) in [5, 5.41) is 0.568. The van der Waals surface area contributed by atoms with E-state index in [2.05, 4.69) is 15.9 Å². The molecule has 250 valence electrons. The van der Waals surface area contributed by atoms with Crippen LogP contribution < -0.4 is 9.64 Å². The van der Waals surface area contributed by atoms with E-state index in [1.54, 1.807) is 73.7 Å². The molecule has 1 saturated heterocycles. The summed E-state index contributed by atoms with van der Waals surface area (Å²) in [4.78, 5) is 59.9. The molecule has 8 nitrogen and oxygen atoms in total. The monoisotopic (exact) mass is 728 g/mol. The Balaban J connectivity index is 1.00. The minimum absolute atomic E-state index is 0.0876. The SMILES string of the molecule is CC(OC(=O)c1cc(-c2ccc(N3C(=O)C4C5CCC(C5)C4C3=O)cc2)nc2ccc(Br)cc12)C(=O)c1ccc(OCc2ccccc2)cc1. The van der Waals surface area contributed by atoms with E-state index in [9.17, 15) is 19.2 Å². The fourth-order valence-corrected chi connectivity index (χ4v) is 8.29. The van der Waals surface area contributed by atoms with Gasteiger partial charge in [0, 0.05) is 21.0 Å². The van der Waals surface area contributed by atoms with Gasteiger partial charge in [-0.1, -0.05) is 58.4 Å². The predicted molar refractivity (Wildman–Crippen MR) is 192 cm³/mol. The van der Waals surface area contributed by atoms with Crippen LogP contribution >= 0.6 is 15.9 Å². The van der Waals surface area contributed by atoms with Gasteiger partial charge in [-0.15, -0.1) is 0 Å². The van der Waals surface area contributed by atoms with E-state index < -0.39 is 12.1 Å². The van der Waals surface area contributed by atoms with Crippen molar-refractivity contribution in [1.29, 1.82) is 0 Å². The van der Waals surface area contributed by atoms with Crippen LogP contribution in [0.3, 0.4) is 0 Å². The third-order valence-corrected chi connectivity index (χ3v) is 10.9. The highest BCUT2D eigenvalue weighted by Gasteiger charge is 2.61.